The number of thioether (sulfide) groups is 1. The third-order valence-corrected chi connectivity index (χ3v) is 4.61. The topological polar surface area (TPSA) is 59.9 Å². The lowest BCUT2D eigenvalue weighted by molar-refractivity contribution is -0.115. The van der Waals surface area contributed by atoms with Gasteiger partial charge >= 0.3 is 0 Å². The number of amidine groups is 1. The number of carbonyl (C=O) groups excluding carboxylic acids is 1. The van der Waals surface area contributed by atoms with E-state index in [1.54, 1.807) is 7.11 Å². The molecule has 2 aromatic carbocycles. The predicted molar refractivity (Wildman–Crippen MR) is 106 cm³/mol. The van der Waals surface area contributed by atoms with Crippen molar-refractivity contribution in [1.29, 1.82) is 0 Å². The zero-order chi connectivity index (χ0) is 18.5. The number of hydrogen-bond donors (Lipinski definition) is 1. The van der Waals surface area contributed by atoms with Gasteiger partial charge in [0.25, 0.3) is 5.91 Å². The Labute approximate surface area is 157 Å². The van der Waals surface area contributed by atoms with Crippen LogP contribution in [0.1, 0.15) is 18.1 Å². The monoisotopic (exact) mass is 368 g/mol. The third kappa shape index (κ3) is 4.26. The van der Waals surface area contributed by atoms with Crippen molar-refractivity contribution in [2.24, 2.45) is 4.99 Å². The van der Waals surface area contributed by atoms with Crippen LogP contribution in [-0.2, 0) is 4.79 Å². The molecule has 26 heavy (non-hydrogen) atoms. The number of carbonyl (C=O) groups is 1. The van der Waals surface area contributed by atoms with Gasteiger partial charge in [0.05, 0.1) is 24.3 Å². The fourth-order valence-electron chi connectivity index (χ4n) is 2.42. The molecule has 2 aromatic rings. The molecule has 5 nitrogen and oxygen atoms in total. The predicted octanol–water partition coefficient (Wildman–Crippen LogP) is 4.29. The quantitative estimate of drug-likeness (QED) is 0.800. The first-order chi connectivity index (χ1) is 12.6. The summed E-state index contributed by atoms with van der Waals surface area (Å²) in [6.45, 7) is 4.51. The Kier molecular flexibility index (Phi) is 5.63. The Bertz CT molecular complexity index is 873. The molecule has 0 unspecified atom stereocenters. The molecule has 1 aliphatic rings. The van der Waals surface area contributed by atoms with Crippen LogP contribution in [0.3, 0.4) is 0 Å². The Morgan fingerprint density at radius 3 is 2.62 bits per heavy atom. The van der Waals surface area contributed by atoms with Crippen molar-refractivity contribution in [3.05, 3.63) is 58.5 Å². The van der Waals surface area contributed by atoms with Crippen molar-refractivity contribution < 1.29 is 14.3 Å². The fraction of sp³-hybridized carbons (Fsp3) is 0.200. The van der Waals surface area contributed by atoms with Crippen LogP contribution in [0, 0.1) is 6.92 Å². The van der Waals surface area contributed by atoms with E-state index in [1.165, 1.54) is 17.3 Å². The molecule has 1 fully saturated rings. The van der Waals surface area contributed by atoms with E-state index in [0.717, 1.165) is 11.3 Å². The van der Waals surface area contributed by atoms with Crippen molar-refractivity contribution in [2.75, 3.05) is 13.7 Å². The van der Waals surface area contributed by atoms with E-state index in [1.807, 2.05) is 62.4 Å². The van der Waals surface area contributed by atoms with Gasteiger partial charge in [0.1, 0.15) is 0 Å². The van der Waals surface area contributed by atoms with Gasteiger partial charge in [0.2, 0.25) is 0 Å². The molecule has 1 N–H and O–H groups in total. The molecule has 134 valence electrons. The summed E-state index contributed by atoms with van der Waals surface area (Å²) in [5.74, 6) is 1.16. The van der Waals surface area contributed by atoms with Gasteiger partial charge in [-0.05, 0) is 61.5 Å². The molecule has 0 aliphatic carbocycles. The van der Waals surface area contributed by atoms with Crippen molar-refractivity contribution in [3.63, 3.8) is 0 Å². The lowest BCUT2D eigenvalue weighted by atomic mass is 10.2. The van der Waals surface area contributed by atoms with Crippen LogP contribution in [-0.4, -0.2) is 24.8 Å². The molecule has 1 saturated heterocycles. The molecule has 0 bridgehead atoms. The molecule has 0 saturated carbocycles. The Morgan fingerprint density at radius 2 is 1.92 bits per heavy atom. The maximum absolute atomic E-state index is 12.2. The summed E-state index contributed by atoms with van der Waals surface area (Å²) in [6, 6.07) is 13.4. The van der Waals surface area contributed by atoms with Crippen LogP contribution >= 0.6 is 11.8 Å². The number of amides is 1. The van der Waals surface area contributed by atoms with Crippen molar-refractivity contribution in [3.8, 4) is 11.5 Å². The zero-order valence-electron chi connectivity index (χ0n) is 14.9. The van der Waals surface area contributed by atoms with Gasteiger partial charge in [0.15, 0.2) is 16.7 Å². The highest BCUT2D eigenvalue weighted by atomic mass is 32.2. The molecule has 1 amide bonds. The fourth-order valence-corrected chi connectivity index (χ4v) is 3.26. The van der Waals surface area contributed by atoms with Gasteiger partial charge in [0, 0.05) is 0 Å². The summed E-state index contributed by atoms with van der Waals surface area (Å²) in [7, 11) is 1.60. The first kappa shape index (κ1) is 18.1. The summed E-state index contributed by atoms with van der Waals surface area (Å²) in [5.41, 5.74) is 2.84. The molecule has 0 aromatic heterocycles. The Hall–Kier alpha value is -2.73. The minimum atomic E-state index is -0.159. The van der Waals surface area contributed by atoms with Gasteiger partial charge in [-0.25, -0.2) is 4.99 Å². The number of rotatable bonds is 5. The SMILES string of the molecule is CCOc1ccc(C=C2SC(=Nc3ccc(C)cc3)NC2=O)cc1OC. The van der Waals surface area contributed by atoms with E-state index in [9.17, 15) is 4.79 Å². The Balaban J connectivity index is 1.81. The second-order valence-electron chi connectivity index (χ2n) is 5.66. The lowest BCUT2D eigenvalue weighted by Gasteiger charge is -2.09. The van der Waals surface area contributed by atoms with Crippen LogP contribution < -0.4 is 14.8 Å². The van der Waals surface area contributed by atoms with Crippen molar-refractivity contribution in [2.45, 2.75) is 13.8 Å². The third-order valence-electron chi connectivity index (χ3n) is 3.70. The van der Waals surface area contributed by atoms with Gasteiger partial charge in [-0.1, -0.05) is 23.8 Å². The molecule has 1 aliphatic heterocycles. The summed E-state index contributed by atoms with van der Waals surface area (Å²) in [6.07, 6.45) is 1.82. The number of benzene rings is 2. The highest BCUT2D eigenvalue weighted by molar-refractivity contribution is 8.18. The molecular formula is C20H20N2O3S. The summed E-state index contributed by atoms with van der Waals surface area (Å²) in [4.78, 5) is 17.3. The molecule has 0 spiro atoms. The zero-order valence-corrected chi connectivity index (χ0v) is 15.7. The van der Waals surface area contributed by atoms with Crippen molar-refractivity contribution >= 4 is 34.6 Å². The first-order valence-electron chi connectivity index (χ1n) is 8.26. The molecular weight excluding hydrogens is 348 g/mol. The smallest absolute Gasteiger partial charge is 0.264 e. The largest absolute Gasteiger partial charge is 0.493 e. The lowest BCUT2D eigenvalue weighted by Crippen LogP contribution is -2.19. The summed E-state index contributed by atoms with van der Waals surface area (Å²) >= 11 is 1.32. The van der Waals surface area contributed by atoms with Crippen molar-refractivity contribution in [1.82, 2.24) is 5.32 Å². The Morgan fingerprint density at radius 1 is 1.15 bits per heavy atom. The second-order valence-corrected chi connectivity index (χ2v) is 6.69. The van der Waals surface area contributed by atoms with Gasteiger partial charge < -0.3 is 14.8 Å². The maximum Gasteiger partial charge on any atom is 0.264 e. The maximum atomic E-state index is 12.2. The minimum absolute atomic E-state index is 0.159. The van der Waals surface area contributed by atoms with E-state index in [2.05, 4.69) is 10.3 Å². The number of ether oxygens (including phenoxy) is 2. The number of methoxy groups -OCH3 is 1. The van der Waals surface area contributed by atoms with E-state index < -0.39 is 0 Å². The summed E-state index contributed by atoms with van der Waals surface area (Å²) in [5, 5.41) is 3.37. The molecule has 6 heteroatoms. The van der Waals surface area contributed by atoms with E-state index in [0.29, 0.717) is 28.2 Å². The van der Waals surface area contributed by atoms with Crippen LogP contribution in [0.4, 0.5) is 5.69 Å². The average Bonchev–Trinajstić information content (AvgIpc) is 2.97. The number of nitrogens with zero attached hydrogens (tertiary/aromatic N) is 1. The highest BCUT2D eigenvalue weighted by Gasteiger charge is 2.24. The van der Waals surface area contributed by atoms with Crippen LogP contribution in [0.2, 0.25) is 0 Å². The highest BCUT2D eigenvalue weighted by Crippen LogP contribution is 2.32. The number of nitrogens with one attached hydrogen (secondary N) is 1. The van der Waals surface area contributed by atoms with E-state index >= 15 is 0 Å². The average molecular weight is 368 g/mol. The van der Waals surface area contributed by atoms with Crippen LogP contribution in [0.5, 0.6) is 11.5 Å². The standard InChI is InChI=1S/C20H20N2O3S/c1-4-25-16-10-7-14(11-17(16)24-3)12-18-19(23)22-20(26-18)21-15-8-5-13(2)6-9-15/h5-12H,4H2,1-3H3,(H,21,22,23). The van der Waals surface area contributed by atoms with Gasteiger partial charge in [-0.2, -0.15) is 0 Å². The molecule has 3 rings (SSSR count). The molecule has 0 atom stereocenters. The summed E-state index contributed by atoms with van der Waals surface area (Å²) < 4.78 is 10.9. The normalized spacial score (nSPS) is 16.8. The number of aryl methyl sites for hydroxylation is 1. The van der Waals surface area contributed by atoms with Crippen LogP contribution in [0.15, 0.2) is 52.4 Å². The number of aliphatic imine (C=N–C) groups is 1. The van der Waals surface area contributed by atoms with E-state index in [4.69, 9.17) is 9.47 Å². The van der Waals surface area contributed by atoms with Gasteiger partial charge in [-0.3, -0.25) is 4.79 Å². The van der Waals surface area contributed by atoms with Gasteiger partial charge in [-0.15, -0.1) is 0 Å². The minimum Gasteiger partial charge on any atom is -0.493 e. The van der Waals surface area contributed by atoms with E-state index in [-0.39, 0.29) is 5.91 Å². The number of hydrogen-bond acceptors (Lipinski definition) is 5. The molecule has 1 heterocycles. The van der Waals surface area contributed by atoms with Crippen LogP contribution in [0.25, 0.3) is 6.08 Å². The first-order valence-corrected chi connectivity index (χ1v) is 9.08. The molecule has 0 radical (unpaired) electrons. The second kappa shape index (κ2) is 8.10.